The number of hydrogen-bond acceptors (Lipinski definition) is 3. The van der Waals surface area contributed by atoms with Gasteiger partial charge in [0.25, 0.3) is 0 Å². The maximum absolute atomic E-state index is 11.1. The Kier molecular flexibility index (Phi) is 15.8. The molecule has 0 heterocycles. The maximum atomic E-state index is 11.1. The van der Waals surface area contributed by atoms with Gasteiger partial charge in [0.1, 0.15) is 0 Å². The first-order chi connectivity index (χ1) is 13.6. The van der Waals surface area contributed by atoms with Gasteiger partial charge in [0.15, 0.2) is 8.32 Å². The summed E-state index contributed by atoms with van der Waals surface area (Å²) in [5, 5.41) is 0.270. The van der Waals surface area contributed by atoms with E-state index in [0.29, 0.717) is 12.5 Å². The minimum Gasteiger partial charge on any atom is -0.469 e. The molecule has 3 nitrogen and oxygen atoms in total. The van der Waals surface area contributed by atoms with Crippen LogP contribution < -0.4 is 0 Å². The monoisotopic (exact) mass is 426 g/mol. The Morgan fingerprint density at radius 2 is 1.55 bits per heavy atom. The van der Waals surface area contributed by atoms with Crippen LogP contribution in [0.2, 0.25) is 18.1 Å². The van der Waals surface area contributed by atoms with Crippen LogP contribution >= 0.6 is 0 Å². The number of ether oxygens (including phenoxy) is 1. The number of allylic oxidation sites excluding steroid dienone is 1. The highest BCUT2D eigenvalue weighted by Gasteiger charge is 2.38. The molecular weight excluding hydrogens is 376 g/mol. The number of hydrogen-bond donors (Lipinski definition) is 0. The normalized spacial score (nSPS) is 13.8. The number of carbonyl (C=O) groups excluding carboxylic acids is 1. The van der Waals surface area contributed by atoms with Crippen LogP contribution in [0.3, 0.4) is 0 Å². The lowest BCUT2D eigenvalue weighted by Crippen LogP contribution is -2.43. The summed E-state index contributed by atoms with van der Waals surface area (Å²) >= 11 is 0. The van der Waals surface area contributed by atoms with E-state index in [9.17, 15) is 4.79 Å². The van der Waals surface area contributed by atoms with Crippen molar-refractivity contribution in [1.82, 2.24) is 0 Å². The first-order valence-corrected chi connectivity index (χ1v) is 14.9. The molecule has 0 saturated carbocycles. The summed E-state index contributed by atoms with van der Waals surface area (Å²) in [7, 11) is -0.248. The minimum atomic E-state index is -1.71. The number of unbranched alkanes of at least 4 members (excludes halogenated alkanes) is 8. The Morgan fingerprint density at radius 3 is 2.17 bits per heavy atom. The summed E-state index contributed by atoms with van der Waals surface area (Å²) in [6.07, 6.45) is 20.0. The zero-order valence-electron chi connectivity index (χ0n) is 20.6. The van der Waals surface area contributed by atoms with Crippen LogP contribution in [0.4, 0.5) is 0 Å². The van der Waals surface area contributed by atoms with Crippen LogP contribution in [0.1, 0.15) is 111 Å². The van der Waals surface area contributed by atoms with E-state index < -0.39 is 8.32 Å². The van der Waals surface area contributed by atoms with Gasteiger partial charge in [-0.2, -0.15) is 0 Å². The Bertz CT molecular complexity index is 438. The van der Waals surface area contributed by atoms with Gasteiger partial charge in [-0.15, -0.1) is 0 Å². The molecule has 0 aromatic rings. The zero-order valence-corrected chi connectivity index (χ0v) is 21.6. The molecule has 172 valence electrons. The molecule has 0 aliphatic carbocycles. The summed E-state index contributed by atoms with van der Waals surface area (Å²) in [5.41, 5.74) is 0. The quantitative estimate of drug-likeness (QED) is 0.102. The Hall–Kier alpha value is -0.613. The molecule has 0 radical (unpaired) electrons. The number of carbonyl (C=O) groups is 1. The Labute approximate surface area is 183 Å². The predicted octanol–water partition coefficient (Wildman–Crippen LogP) is 8.20. The first-order valence-electron chi connectivity index (χ1n) is 12.0. The molecule has 29 heavy (non-hydrogen) atoms. The highest BCUT2D eigenvalue weighted by atomic mass is 28.4. The van der Waals surface area contributed by atoms with E-state index in [4.69, 9.17) is 4.43 Å². The molecule has 0 saturated heterocycles. The van der Waals surface area contributed by atoms with Gasteiger partial charge in [-0.1, -0.05) is 84.8 Å². The topological polar surface area (TPSA) is 35.5 Å². The molecule has 0 bridgehead atoms. The SMILES string of the molecule is CCCCCCC(C/C=C\CCCCCCCC(=O)OC)O[Si](C)(C)C(C)(C)C. The van der Waals surface area contributed by atoms with Crippen LogP contribution in [0.5, 0.6) is 0 Å². The lowest BCUT2D eigenvalue weighted by atomic mass is 10.1. The van der Waals surface area contributed by atoms with Gasteiger partial charge in [-0.25, -0.2) is 0 Å². The van der Waals surface area contributed by atoms with Crippen molar-refractivity contribution >= 4 is 14.3 Å². The fraction of sp³-hybridized carbons (Fsp3) is 0.880. The van der Waals surface area contributed by atoms with E-state index in [1.165, 1.54) is 58.5 Å². The van der Waals surface area contributed by atoms with E-state index in [2.05, 4.69) is 57.7 Å². The third kappa shape index (κ3) is 14.9. The van der Waals surface area contributed by atoms with Crippen molar-refractivity contribution in [1.29, 1.82) is 0 Å². The van der Waals surface area contributed by atoms with Crippen molar-refractivity contribution < 1.29 is 14.0 Å². The van der Waals surface area contributed by atoms with Gasteiger partial charge in [-0.3, -0.25) is 4.79 Å². The number of rotatable bonds is 17. The zero-order chi connectivity index (χ0) is 22.2. The van der Waals surface area contributed by atoms with E-state index in [1.54, 1.807) is 0 Å². The van der Waals surface area contributed by atoms with Crippen LogP contribution in [0.25, 0.3) is 0 Å². The van der Waals surface area contributed by atoms with Crippen molar-refractivity contribution in [2.75, 3.05) is 7.11 Å². The number of methoxy groups -OCH3 is 1. The minimum absolute atomic E-state index is 0.0860. The molecule has 0 fully saturated rings. The third-order valence-corrected chi connectivity index (χ3v) is 10.7. The molecule has 0 aromatic heterocycles. The third-order valence-electron chi connectivity index (χ3n) is 6.19. The van der Waals surface area contributed by atoms with E-state index in [-0.39, 0.29) is 11.0 Å². The summed E-state index contributed by atoms with van der Waals surface area (Å²) < 4.78 is 11.4. The lowest BCUT2D eigenvalue weighted by Gasteiger charge is -2.39. The summed E-state index contributed by atoms with van der Waals surface area (Å²) in [6.45, 7) is 14.0. The summed E-state index contributed by atoms with van der Waals surface area (Å²) in [5.74, 6) is -0.0860. The average Bonchev–Trinajstić information content (AvgIpc) is 2.64. The molecule has 0 aliphatic rings. The van der Waals surface area contributed by atoms with E-state index >= 15 is 0 Å². The fourth-order valence-corrected chi connectivity index (χ4v) is 4.55. The van der Waals surface area contributed by atoms with Crippen LogP contribution in [-0.2, 0) is 14.0 Å². The summed E-state index contributed by atoms with van der Waals surface area (Å²) in [4.78, 5) is 11.1. The van der Waals surface area contributed by atoms with Crippen molar-refractivity contribution in [2.24, 2.45) is 0 Å². The van der Waals surface area contributed by atoms with E-state index in [0.717, 1.165) is 25.7 Å². The van der Waals surface area contributed by atoms with Crippen molar-refractivity contribution in [3.8, 4) is 0 Å². The Morgan fingerprint density at radius 1 is 0.931 bits per heavy atom. The molecule has 0 N–H and O–H groups in total. The molecular formula is C25H50O3Si. The van der Waals surface area contributed by atoms with Crippen LogP contribution in [0, 0.1) is 0 Å². The second kappa shape index (κ2) is 16.1. The lowest BCUT2D eigenvalue weighted by molar-refractivity contribution is -0.140. The smallest absolute Gasteiger partial charge is 0.305 e. The largest absolute Gasteiger partial charge is 0.469 e. The van der Waals surface area contributed by atoms with Crippen molar-refractivity contribution in [3.63, 3.8) is 0 Å². The average molecular weight is 427 g/mol. The van der Waals surface area contributed by atoms with Crippen molar-refractivity contribution in [2.45, 2.75) is 135 Å². The van der Waals surface area contributed by atoms with Gasteiger partial charge >= 0.3 is 5.97 Å². The fourth-order valence-electron chi connectivity index (χ4n) is 3.15. The van der Waals surface area contributed by atoms with Gasteiger partial charge < -0.3 is 9.16 Å². The molecule has 1 atom stereocenters. The van der Waals surface area contributed by atoms with Crippen molar-refractivity contribution in [3.05, 3.63) is 12.2 Å². The van der Waals surface area contributed by atoms with Gasteiger partial charge in [-0.05, 0) is 50.2 Å². The molecule has 4 heteroatoms. The van der Waals surface area contributed by atoms with E-state index in [1.807, 2.05) is 0 Å². The molecule has 0 aromatic carbocycles. The second-order valence-electron chi connectivity index (χ2n) is 9.94. The predicted molar refractivity (Wildman–Crippen MR) is 129 cm³/mol. The molecule has 0 rings (SSSR count). The Balaban J connectivity index is 4.18. The van der Waals surface area contributed by atoms with Crippen LogP contribution in [0.15, 0.2) is 12.2 Å². The summed E-state index contributed by atoms with van der Waals surface area (Å²) in [6, 6.07) is 0. The maximum Gasteiger partial charge on any atom is 0.305 e. The van der Waals surface area contributed by atoms with Crippen LogP contribution in [-0.4, -0.2) is 27.5 Å². The van der Waals surface area contributed by atoms with Gasteiger partial charge in [0.2, 0.25) is 0 Å². The standard InChI is InChI=1S/C25H50O3Si/c1-8-9-10-17-20-23(28-29(6,7)25(2,3)4)21-18-15-13-11-12-14-16-19-22-24(26)27-5/h15,18,23H,8-14,16-17,19-22H2,1-7H3/b18-15-. The van der Waals surface area contributed by atoms with Gasteiger partial charge in [0.05, 0.1) is 7.11 Å². The molecule has 0 aliphatic heterocycles. The molecule has 1 unspecified atom stereocenters. The first kappa shape index (κ1) is 28.4. The molecule has 0 spiro atoms. The highest BCUT2D eigenvalue weighted by molar-refractivity contribution is 6.74. The molecule has 0 amide bonds. The second-order valence-corrected chi connectivity index (χ2v) is 14.7. The number of esters is 1. The highest BCUT2D eigenvalue weighted by Crippen LogP contribution is 2.38. The van der Waals surface area contributed by atoms with Gasteiger partial charge in [0, 0.05) is 12.5 Å².